The molecule has 0 amide bonds. The van der Waals surface area contributed by atoms with Crippen molar-refractivity contribution in [3.63, 3.8) is 0 Å². The summed E-state index contributed by atoms with van der Waals surface area (Å²) in [5.41, 5.74) is 2.65. The third-order valence-electron chi connectivity index (χ3n) is 3.27. The molecular weight excluding hydrogens is 234 g/mol. The molecule has 0 saturated carbocycles. The van der Waals surface area contributed by atoms with E-state index in [1.165, 1.54) is 16.5 Å². The highest BCUT2D eigenvalue weighted by Crippen LogP contribution is 2.19. The Morgan fingerprint density at radius 3 is 2.88 bits per heavy atom. The molecule has 0 radical (unpaired) electrons. The van der Waals surface area contributed by atoms with Crippen LogP contribution < -0.4 is 10.6 Å². The molecule has 1 unspecified atom stereocenters. The number of fused-ring (bicyclic) bond motifs is 1. The quantitative estimate of drug-likeness (QED) is 0.760. The average molecular weight is 252 g/mol. The molecule has 1 aromatic carbocycles. The second-order valence-corrected chi connectivity index (χ2v) is 4.42. The fraction of sp³-hybridized carbons (Fsp3) is 0.385. The molecule has 1 aromatic heterocycles. The van der Waals surface area contributed by atoms with E-state index in [9.17, 15) is 0 Å². The summed E-state index contributed by atoms with van der Waals surface area (Å²) in [4.78, 5) is 3.33. The van der Waals surface area contributed by atoms with E-state index in [0.717, 1.165) is 26.1 Å². The van der Waals surface area contributed by atoms with Gasteiger partial charge in [-0.05, 0) is 18.1 Å². The highest BCUT2D eigenvalue weighted by Gasteiger charge is 2.14. The first-order valence-corrected chi connectivity index (χ1v) is 5.92. The first-order chi connectivity index (χ1) is 7.93. The van der Waals surface area contributed by atoms with E-state index >= 15 is 0 Å². The van der Waals surface area contributed by atoms with Crippen molar-refractivity contribution >= 4 is 23.3 Å². The number of rotatable bonds is 2. The number of aromatic amines is 1. The van der Waals surface area contributed by atoms with Crippen molar-refractivity contribution in [2.24, 2.45) is 0 Å². The molecule has 1 saturated heterocycles. The average Bonchev–Trinajstić information content (AvgIpc) is 2.74. The molecule has 1 fully saturated rings. The minimum absolute atomic E-state index is 0. The standard InChI is InChI=1S/C13H17N3.ClH/c1-2-4-13-12(3-1)10(8-16-13)7-11-9-14-5-6-15-11;/h1-4,8,11,14-16H,5-7,9H2;1H. The van der Waals surface area contributed by atoms with Crippen LogP contribution in [-0.2, 0) is 6.42 Å². The lowest BCUT2D eigenvalue weighted by Gasteiger charge is -2.24. The molecule has 0 bridgehead atoms. The minimum Gasteiger partial charge on any atom is -0.361 e. The summed E-state index contributed by atoms with van der Waals surface area (Å²) in [7, 11) is 0. The topological polar surface area (TPSA) is 39.8 Å². The highest BCUT2D eigenvalue weighted by atomic mass is 35.5. The van der Waals surface area contributed by atoms with Crippen LogP contribution in [0.2, 0.25) is 0 Å². The molecule has 3 rings (SSSR count). The zero-order chi connectivity index (χ0) is 10.8. The van der Waals surface area contributed by atoms with Gasteiger partial charge in [-0.1, -0.05) is 18.2 Å². The van der Waals surface area contributed by atoms with Crippen molar-refractivity contribution in [2.45, 2.75) is 12.5 Å². The third kappa shape index (κ3) is 2.63. The SMILES string of the molecule is Cl.c1ccc2c(CC3CNCCN3)c[nH]c2c1. The van der Waals surface area contributed by atoms with Crippen LogP contribution in [0.3, 0.4) is 0 Å². The van der Waals surface area contributed by atoms with Crippen molar-refractivity contribution < 1.29 is 0 Å². The van der Waals surface area contributed by atoms with Gasteiger partial charge in [-0.25, -0.2) is 0 Å². The lowest BCUT2D eigenvalue weighted by Crippen LogP contribution is -2.49. The van der Waals surface area contributed by atoms with Crippen molar-refractivity contribution in [3.05, 3.63) is 36.0 Å². The summed E-state index contributed by atoms with van der Waals surface area (Å²) in [5, 5.41) is 8.32. The summed E-state index contributed by atoms with van der Waals surface area (Å²) >= 11 is 0. The smallest absolute Gasteiger partial charge is 0.0456 e. The highest BCUT2D eigenvalue weighted by molar-refractivity contribution is 5.85. The normalized spacial score (nSPS) is 20.1. The lowest BCUT2D eigenvalue weighted by atomic mass is 10.0. The predicted octanol–water partition coefficient (Wildman–Crippen LogP) is 1.69. The predicted molar refractivity (Wildman–Crippen MR) is 73.9 cm³/mol. The maximum atomic E-state index is 3.55. The fourth-order valence-electron chi connectivity index (χ4n) is 2.42. The van der Waals surface area contributed by atoms with Crippen molar-refractivity contribution in [2.75, 3.05) is 19.6 Å². The second-order valence-electron chi connectivity index (χ2n) is 4.42. The van der Waals surface area contributed by atoms with E-state index in [-0.39, 0.29) is 12.4 Å². The molecule has 1 aliphatic rings. The van der Waals surface area contributed by atoms with Gasteiger partial charge >= 0.3 is 0 Å². The van der Waals surface area contributed by atoms with Gasteiger partial charge in [0.05, 0.1) is 0 Å². The molecule has 2 heterocycles. The maximum absolute atomic E-state index is 3.55. The molecule has 3 N–H and O–H groups in total. The van der Waals surface area contributed by atoms with Gasteiger partial charge in [0.25, 0.3) is 0 Å². The minimum atomic E-state index is 0. The van der Waals surface area contributed by atoms with Crippen molar-refractivity contribution in [1.82, 2.24) is 15.6 Å². The molecule has 0 aliphatic carbocycles. The van der Waals surface area contributed by atoms with E-state index in [0.29, 0.717) is 6.04 Å². The zero-order valence-electron chi connectivity index (χ0n) is 9.70. The Balaban J connectivity index is 0.00000108. The summed E-state index contributed by atoms with van der Waals surface area (Å²) in [5.74, 6) is 0. The Kier molecular flexibility index (Phi) is 4.05. The van der Waals surface area contributed by atoms with E-state index in [4.69, 9.17) is 0 Å². The number of aromatic nitrogens is 1. The maximum Gasteiger partial charge on any atom is 0.0456 e. The summed E-state index contributed by atoms with van der Waals surface area (Å²) in [6, 6.07) is 9.06. The second kappa shape index (κ2) is 5.54. The van der Waals surface area contributed by atoms with Crippen LogP contribution in [-0.4, -0.2) is 30.7 Å². The molecule has 1 aliphatic heterocycles. The Bertz CT molecular complexity index is 474. The number of para-hydroxylation sites is 1. The van der Waals surface area contributed by atoms with Gasteiger partial charge in [0.15, 0.2) is 0 Å². The van der Waals surface area contributed by atoms with Gasteiger partial charge in [0.2, 0.25) is 0 Å². The fourth-order valence-corrected chi connectivity index (χ4v) is 2.42. The van der Waals surface area contributed by atoms with Gasteiger partial charge in [-0.15, -0.1) is 12.4 Å². The molecule has 2 aromatic rings. The molecule has 0 spiro atoms. The lowest BCUT2D eigenvalue weighted by molar-refractivity contribution is 0.417. The number of halogens is 1. The van der Waals surface area contributed by atoms with Crippen LogP contribution in [0.1, 0.15) is 5.56 Å². The molecule has 4 heteroatoms. The first-order valence-electron chi connectivity index (χ1n) is 5.92. The molecular formula is C13H18ClN3. The Morgan fingerprint density at radius 1 is 1.18 bits per heavy atom. The third-order valence-corrected chi connectivity index (χ3v) is 3.27. The van der Waals surface area contributed by atoms with E-state index < -0.39 is 0 Å². The molecule has 1 atom stereocenters. The number of hydrogen-bond acceptors (Lipinski definition) is 2. The van der Waals surface area contributed by atoms with Gasteiger partial charge in [0.1, 0.15) is 0 Å². The van der Waals surface area contributed by atoms with E-state index in [1.807, 2.05) is 0 Å². The number of benzene rings is 1. The van der Waals surface area contributed by atoms with E-state index in [1.54, 1.807) is 0 Å². The van der Waals surface area contributed by atoms with Gasteiger partial charge in [-0.3, -0.25) is 0 Å². The van der Waals surface area contributed by atoms with Crippen LogP contribution in [0.5, 0.6) is 0 Å². The van der Waals surface area contributed by atoms with Crippen LogP contribution in [0, 0.1) is 0 Å². The Labute approximate surface area is 107 Å². The number of H-pyrrole nitrogens is 1. The summed E-state index contributed by atoms with van der Waals surface area (Å²) < 4.78 is 0. The van der Waals surface area contributed by atoms with Crippen LogP contribution in [0.15, 0.2) is 30.5 Å². The van der Waals surface area contributed by atoms with Crippen LogP contribution in [0.4, 0.5) is 0 Å². The molecule has 92 valence electrons. The largest absolute Gasteiger partial charge is 0.361 e. The summed E-state index contributed by atoms with van der Waals surface area (Å²) in [6.45, 7) is 3.23. The summed E-state index contributed by atoms with van der Waals surface area (Å²) in [6.07, 6.45) is 3.23. The van der Waals surface area contributed by atoms with Crippen molar-refractivity contribution in [3.8, 4) is 0 Å². The van der Waals surface area contributed by atoms with Crippen LogP contribution in [0.25, 0.3) is 10.9 Å². The Morgan fingerprint density at radius 2 is 2.06 bits per heavy atom. The van der Waals surface area contributed by atoms with Crippen molar-refractivity contribution in [1.29, 1.82) is 0 Å². The van der Waals surface area contributed by atoms with Gasteiger partial charge in [0, 0.05) is 42.8 Å². The van der Waals surface area contributed by atoms with Crippen LogP contribution >= 0.6 is 12.4 Å². The molecule has 17 heavy (non-hydrogen) atoms. The van der Waals surface area contributed by atoms with Gasteiger partial charge < -0.3 is 15.6 Å². The molecule has 3 nitrogen and oxygen atoms in total. The monoisotopic (exact) mass is 251 g/mol. The number of piperazine rings is 1. The first kappa shape index (κ1) is 12.4. The van der Waals surface area contributed by atoms with E-state index in [2.05, 4.69) is 46.1 Å². The number of nitrogens with one attached hydrogen (secondary N) is 3. The number of hydrogen-bond donors (Lipinski definition) is 3. The zero-order valence-corrected chi connectivity index (χ0v) is 10.5. The Hall–Kier alpha value is -1.03. The van der Waals surface area contributed by atoms with Gasteiger partial charge in [-0.2, -0.15) is 0 Å².